The fourth-order valence-corrected chi connectivity index (χ4v) is 0.861. The van der Waals surface area contributed by atoms with Gasteiger partial charge in [-0.3, -0.25) is 0 Å². The summed E-state index contributed by atoms with van der Waals surface area (Å²) in [6.45, 7) is 0. The van der Waals surface area contributed by atoms with E-state index in [2.05, 4.69) is 26.1 Å². The maximum Gasteiger partial charge on any atom is 0.148 e. The number of nitriles is 1. The van der Waals surface area contributed by atoms with Crippen LogP contribution in [0.2, 0.25) is 5.02 Å². The summed E-state index contributed by atoms with van der Waals surface area (Å²) >= 11 is 8.65. The highest BCUT2D eigenvalue weighted by Gasteiger charge is 2.03. The van der Waals surface area contributed by atoms with Gasteiger partial charge in [-0.15, -0.1) is 5.10 Å². The molecule has 0 atom stereocenters. The van der Waals surface area contributed by atoms with Crippen molar-refractivity contribution in [3.63, 3.8) is 0 Å². The fourth-order valence-electron chi connectivity index (χ4n) is 0.427. The topological polar surface area (TPSA) is 49.6 Å². The Balaban J connectivity index is 3.31. The lowest BCUT2D eigenvalue weighted by molar-refractivity contribution is 0.999. The van der Waals surface area contributed by atoms with Gasteiger partial charge in [0.25, 0.3) is 0 Å². The summed E-state index contributed by atoms with van der Waals surface area (Å²) in [5.74, 6) is 0. The molecule has 0 saturated heterocycles. The summed E-state index contributed by atoms with van der Waals surface area (Å²) in [5, 5.41) is 15.8. The zero-order valence-corrected chi connectivity index (χ0v) is 7.02. The van der Waals surface area contributed by atoms with Gasteiger partial charge >= 0.3 is 0 Å². The molecule has 50 valence electrons. The van der Waals surface area contributed by atoms with E-state index in [4.69, 9.17) is 16.9 Å². The van der Waals surface area contributed by atoms with Gasteiger partial charge in [-0.05, 0) is 15.9 Å². The van der Waals surface area contributed by atoms with E-state index in [-0.39, 0.29) is 0 Å². The quantitative estimate of drug-likeness (QED) is 0.667. The van der Waals surface area contributed by atoms with E-state index in [9.17, 15) is 0 Å². The minimum atomic E-state index is 0.303. The molecule has 0 radical (unpaired) electrons. The second-order valence-electron chi connectivity index (χ2n) is 1.47. The highest BCUT2D eigenvalue weighted by molar-refractivity contribution is 9.10. The summed E-state index contributed by atoms with van der Waals surface area (Å²) in [7, 11) is 0. The van der Waals surface area contributed by atoms with Crippen LogP contribution in [0.1, 0.15) is 5.56 Å². The van der Waals surface area contributed by atoms with Gasteiger partial charge in [0.1, 0.15) is 10.7 Å². The lowest BCUT2D eigenvalue weighted by Crippen LogP contribution is -1.86. The van der Waals surface area contributed by atoms with Crippen molar-refractivity contribution in [3.05, 3.63) is 21.4 Å². The van der Waals surface area contributed by atoms with E-state index in [1.807, 2.05) is 6.07 Å². The van der Waals surface area contributed by atoms with E-state index in [1.54, 1.807) is 0 Å². The highest BCUT2D eigenvalue weighted by atomic mass is 79.9. The Bertz CT molecular complexity index is 293. The molecule has 0 spiro atoms. The van der Waals surface area contributed by atoms with Gasteiger partial charge in [0.2, 0.25) is 0 Å². The summed E-state index contributed by atoms with van der Waals surface area (Å²) in [6.07, 6.45) is 1.31. The van der Waals surface area contributed by atoms with Gasteiger partial charge in [0.15, 0.2) is 0 Å². The molecule has 5 heteroatoms. The van der Waals surface area contributed by atoms with E-state index >= 15 is 0 Å². The molecule has 1 heterocycles. The van der Waals surface area contributed by atoms with E-state index < -0.39 is 0 Å². The minimum Gasteiger partial charge on any atom is -0.192 e. The Kier molecular flexibility index (Phi) is 2.20. The Hall–Kier alpha value is -0.660. The largest absolute Gasteiger partial charge is 0.192 e. The molecule has 0 N–H and O–H groups in total. The third-order valence-corrected chi connectivity index (χ3v) is 2.04. The molecule has 0 unspecified atom stereocenters. The lowest BCUT2D eigenvalue weighted by atomic mass is 10.3. The minimum absolute atomic E-state index is 0.303. The van der Waals surface area contributed by atoms with E-state index in [0.717, 1.165) is 0 Å². The van der Waals surface area contributed by atoms with Gasteiger partial charge in [-0.2, -0.15) is 10.4 Å². The van der Waals surface area contributed by atoms with Crippen LogP contribution in [0.3, 0.4) is 0 Å². The number of hydrogen-bond acceptors (Lipinski definition) is 3. The zero-order chi connectivity index (χ0) is 7.56. The molecule has 1 aromatic heterocycles. The molecule has 1 aromatic rings. The lowest BCUT2D eigenvalue weighted by Gasteiger charge is -1.92. The summed E-state index contributed by atoms with van der Waals surface area (Å²) in [6, 6.07) is 1.87. The Morgan fingerprint density at radius 2 is 2.40 bits per heavy atom. The number of halogens is 2. The number of aromatic nitrogens is 2. The van der Waals surface area contributed by atoms with Crippen molar-refractivity contribution < 1.29 is 0 Å². The van der Waals surface area contributed by atoms with Gasteiger partial charge in [0.05, 0.1) is 16.8 Å². The summed E-state index contributed by atoms with van der Waals surface area (Å²) in [4.78, 5) is 0. The van der Waals surface area contributed by atoms with Crippen LogP contribution in [0.5, 0.6) is 0 Å². The van der Waals surface area contributed by atoms with Crippen LogP contribution >= 0.6 is 27.5 Å². The maximum absolute atomic E-state index is 8.42. The van der Waals surface area contributed by atoms with Crippen LogP contribution in [0, 0.1) is 11.3 Å². The van der Waals surface area contributed by atoms with Crippen molar-refractivity contribution >= 4 is 27.5 Å². The molecule has 0 amide bonds. The van der Waals surface area contributed by atoms with Crippen molar-refractivity contribution in [1.29, 1.82) is 5.26 Å². The summed E-state index contributed by atoms with van der Waals surface area (Å²) in [5.41, 5.74) is 0.323. The average molecular weight is 218 g/mol. The molecule has 1 rings (SSSR count). The molecule has 0 aliphatic rings. The monoisotopic (exact) mass is 217 g/mol. The normalized spacial score (nSPS) is 8.90. The highest BCUT2D eigenvalue weighted by Crippen LogP contribution is 2.21. The van der Waals surface area contributed by atoms with Crippen molar-refractivity contribution in [1.82, 2.24) is 10.2 Å². The first kappa shape index (κ1) is 7.45. The van der Waals surface area contributed by atoms with Gasteiger partial charge in [-0.25, -0.2) is 0 Å². The first-order chi connectivity index (χ1) is 4.75. The molecular weight excluding hydrogens is 217 g/mol. The Morgan fingerprint density at radius 1 is 1.70 bits per heavy atom. The smallest absolute Gasteiger partial charge is 0.148 e. The third-order valence-electron chi connectivity index (χ3n) is 0.870. The molecule has 3 nitrogen and oxygen atoms in total. The second kappa shape index (κ2) is 2.95. The molecule has 0 saturated carbocycles. The van der Waals surface area contributed by atoms with Crippen LogP contribution in [0.15, 0.2) is 10.8 Å². The van der Waals surface area contributed by atoms with Crippen molar-refractivity contribution in [3.8, 4) is 6.07 Å². The van der Waals surface area contributed by atoms with Crippen LogP contribution < -0.4 is 0 Å². The van der Waals surface area contributed by atoms with Gasteiger partial charge < -0.3 is 0 Å². The number of nitrogens with zero attached hydrogens (tertiary/aromatic N) is 3. The SMILES string of the molecule is N#Cc1cnnc(Br)c1Cl. The molecule has 0 bridgehead atoms. The fraction of sp³-hybridized carbons (Fsp3) is 0. The van der Waals surface area contributed by atoms with Crippen LogP contribution in [-0.4, -0.2) is 10.2 Å². The van der Waals surface area contributed by atoms with Crippen molar-refractivity contribution in [2.45, 2.75) is 0 Å². The predicted octanol–water partition coefficient (Wildman–Crippen LogP) is 1.76. The predicted molar refractivity (Wildman–Crippen MR) is 39.5 cm³/mol. The number of rotatable bonds is 0. The standard InChI is InChI=1S/C5HBrClN3/c6-5-4(7)3(1-8)2-9-10-5/h2H. The zero-order valence-electron chi connectivity index (χ0n) is 4.67. The van der Waals surface area contributed by atoms with Crippen molar-refractivity contribution in [2.75, 3.05) is 0 Å². The number of hydrogen-bond donors (Lipinski definition) is 0. The summed E-state index contributed by atoms with van der Waals surface area (Å²) < 4.78 is 0.396. The van der Waals surface area contributed by atoms with Crippen molar-refractivity contribution in [2.24, 2.45) is 0 Å². The first-order valence-electron chi connectivity index (χ1n) is 2.32. The molecular formula is C5HBrClN3. The average Bonchev–Trinajstić information content (AvgIpc) is 1.95. The Labute approximate surface area is 70.8 Å². The van der Waals surface area contributed by atoms with Gasteiger partial charge in [-0.1, -0.05) is 11.6 Å². The van der Waals surface area contributed by atoms with Gasteiger partial charge in [0, 0.05) is 0 Å². The second-order valence-corrected chi connectivity index (χ2v) is 2.60. The van der Waals surface area contributed by atoms with E-state index in [1.165, 1.54) is 6.20 Å². The third kappa shape index (κ3) is 1.25. The molecule has 0 fully saturated rings. The molecule has 0 aromatic carbocycles. The first-order valence-corrected chi connectivity index (χ1v) is 3.49. The molecule has 10 heavy (non-hydrogen) atoms. The Morgan fingerprint density at radius 3 is 2.90 bits per heavy atom. The molecule has 0 aliphatic carbocycles. The maximum atomic E-state index is 8.42. The molecule has 0 aliphatic heterocycles. The van der Waals surface area contributed by atoms with Crippen LogP contribution in [0.4, 0.5) is 0 Å². The van der Waals surface area contributed by atoms with Crippen LogP contribution in [-0.2, 0) is 0 Å². The van der Waals surface area contributed by atoms with E-state index in [0.29, 0.717) is 15.2 Å². The van der Waals surface area contributed by atoms with Crippen LogP contribution in [0.25, 0.3) is 0 Å².